The zero-order valence-electron chi connectivity index (χ0n) is 17.9. The van der Waals surface area contributed by atoms with Gasteiger partial charge in [0.15, 0.2) is 5.78 Å². The molecule has 1 aromatic carbocycles. The standard InChI is InChI=1S/C21H28N2O6S/c1-6-29-21(25)19-14(2)18(15(3)22-19)20(24)16(4)23(12-13-28-5)30(26,27)17-10-8-7-9-11-17/h7-11,16,22H,6,12-13H2,1-5H3. The number of carbonyl (C=O) groups is 2. The number of aryl methyl sites for hydroxylation is 1. The number of H-pyrrole nitrogens is 1. The molecule has 30 heavy (non-hydrogen) atoms. The number of aromatic amines is 1. The van der Waals surface area contributed by atoms with E-state index >= 15 is 0 Å². The second-order valence-corrected chi connectivity index (χ2v) is 8.70. The van der Waals surface area contributed by atoms with Crippen molar-refractivity contribution in [3.05, 3.63) is 52.8 Å². The summed E-state index contributed by atoms with van der Waals surface area (Å²) in [6, 6.07) is 6.93. The van der Waals surface area contributed by atoms with E-state index in [1.54, 1.807) is 39.0 Å². The van der Waals surface area contributed by atoms with Gasteiger partial charge in [-0.25, -0.2) is 13.2 Å². The van der Waals surface area contributed by atoms with Crippen molar-refractivity contribution in [2.75, 3.05) is 26.9 Å². The second kappa shape index (κ2) is 10.0. The van der Waals surface area contributed by atoms with E-state index in [0.717, 1.165) is 4.31 Å². The zero-order valence-corrected chi connectivity index (χ0v) is 18.7. The summed E-state index contributed by atoms with van der Waals surface area (Å²) in [7, 11) is -2.47. The number of hydrogen-bond acceptors (Lipinski definition) is 6. The normalized spacial score (nSPS) is 12.7. The van der Waals surface area contributed by atoms with Gasteiger partial charge in [-0.1, -0.05) is 18.2 Å². The molecule has 0 aliphatic rings. The van der Waals surface area contributed by atoms with Crippen LogP contribution in [0.25, 0.3) is 0 Å². The van der Waals surface area contributed by atoms with Crippen LogP contribution < -0.4 is 0 Å². The number of rotatable bonds is 10. The van der Waals surface area contributed by atoms with E-state index in [2.05, 4.69) is 4.98 Å². The fourth-order valence-electron chi connectivity index (χ4n) is 3.30. The van der Waals surface area contributed by atoms with Gasteiger partial charge in [0.25, 0.3) is 0 Å². The van der Waals surface area contributed by atoms with Crippen LogP contribution in [0, 0.1) is 13.8 Å². The average Bonchev–Trinajstić information content (AvgIpc) is 3.02. The maximum atomic E-state index is 13.3. The van der Waals surface area contributed by atoms with Gasteiger partial charge in [-0.05, 0) is 45.4 Å². The van der Waals surface area contributed by atoms with Gasteiger partial charge in [-0.15, -0.1) is 0 Å². The molecule has 2 aromatic rings. The molecule has 1 heterocycles. The third-order valence-electron chi connectivity index (χ3n) is 4.84. The molecule has 8 nitrogen and oxygen atoms in total. The van der Waals surface area contributed by atoms with Crippen LogP contribution in [-0.2, 0) is 19.5 Å². The Morgan fingerprint density at radius 1 is 1.17 bits per heavy atom. The van der Waals surface area contributed by atoms with Crippen molar-refractivity contribution in [2.45, 2.75) is 38.6 Å². The van der Waals surface area contributed by atoms with Crippen LogP contribution in [0.15, 0.2) is 35.2 Å². The maximum absolute atomic E-state index is 13.3. The molecule has 1 atom stereocenters. The number of nitrogens with zero attached hydrogens (tertiary/aromatic N) is 1. The molecule has 164 valence electrons. The first-order chi connectivity index (χ1) is 14.2. The molecule has 0 bridgehead atoms. The number of nitrogens with one attached hydrogen (secondary N) is 1. The lowest BCUT2D eigenvalue weighted by atomic mass is 10.0. The first-order valence-corrected chi connectivity index (χ1v) is 11.1. The Kier molecular flexibility index (Phi) is 7.94. The molecular formula is C21H28N2O6S. The molecule has 1 aromatic heterocycles. The molecular weight excluding hydrogens is 408 g/mol. The van der Waals surface area contributed by atoms with Gasteiger partial charge in [0.1, 0.15) is 5.69 Å². The number of benzene rings is 1. The third kappa shape index (κ3) is 4.80. The van der Waals surface area contributed by atoms with Gasteiger partial charge in [0.05, 0.1) is 24.2 Å². The molecule has 0 radical (unpaired) electrons. The molecule has 9 heteroatoms. The predicted molar refractivity (Wildman–Crippen MR) is 112 cm³/mol. The minimum Gasteiger partial charge on any atom is -0.461 e. The fourth-order valence-corrected chi connectivity index (χ4v) is 4.90. The topological polar surface area (TPSA) is 106 Å². The molecule has 0 saturated heterocycles. The SMILES string of the molecule is CCOC(=O)c1[nH]c(C)c(C(=O)C(C)N(CCOC)S(=O)(=O)c2ccccc2)c1C. The summed E-state index contributed by atoms with van der Waals surface area (Å²) in [4.78, 5) is 28.5. The van der Waals surface area contributed by atoms with E-state index in [9.17, 15) is 18.0 Å². The number of ether oxygens (including phenoxy) is 2. The molecule has 1 unspecified atom stereocenters. The highest BCUT2D eigenvalue weighted by molar-refractivity contribution is 7.89. The lowest BCUT2D eigenvalue weighted by Gasteiger charge is -2.27. The van der Waals surface area contributed by atoms with E-state index in [0.29, 0.717) is 11.3 Å². The van der Waals surface area contributed by atoms with Gasteiger partial charge < -0.3 is 14.5 Å². The van der Waals surface area contributed by atoms with Gasteiger partial charge in [0, 0.05) is 24.9 Å². The van der Waals surface area contributed by atoms with Gasteiger partial charge >= 0.3 is 5.97 Å². The summed E-state index contributed by atoms with van der Waals surface area (Å²) < 4.78 is 37.7. The van der Waals surface area contributed by atoms with Gasteiger partial charge in [-0.2, -0.15) is 4.31 Å². The number of esters is 1. The predicted octanol–water partition coefficient (Wildman–Crippen LogP) is 2.72. The zero-order chi connectivity index (χ0) is 22.5. The molecule has 0 fully saturated rings. The Bertz CT molecular complexity index is 998. The highest BCUT2D eigenvalue weighted by Crippen LogP contribution is 2.25. The highest BCUT2D eigenvalue weighted by Gasteiger charge is 2.35. The second-order valence-electron chi connectivity index (χ2n) is 6.81. The summed E-state index contributed by atoms with van der Waals surface area (Å²) >= 11 is 0. The summed E-state index contributed by atoms with van der Waals surface area (Å²) in [6.07, 6.45) is 0. The van der Waals surface area contributed by atoms with Crippen LogP contribution in [-0.4, -0.2) is 62.4 Å². The Morgan fingerprint density at radius 2 is 1.80 bits per heavy atom. The fraction of sp³-hybridized carbons (Fsp3) is 0.429. The largest absolute Gasteiger partial charge is 0.461 e. The van der Waals surface area contributed by atoms with E-state index in [4.69, 9.17) is 9.47 Å². The van der Waals surface area contributed by atoms with E-state index in [1.807, 2.05) is 0 Å². The lowest BCUT2D eigenvalue weighted by Crippen LogP contribution is -2.45. The molecule has 0 amide bonds. The summed E-state index contributed by atoms with van der Waals surface area (Å²) in [5.41, 5.74) is 1.40. The highest BCUT2D eigenvalue weighted by atomic mass is 32.2. The van der Waals surface area contributed by atoms with Crippen molar-refractivity contribution >= 4 is 21.8 Å². The van der Waals surface area contributed by atoms with Crippen LogP contribution in [0.2, 0.25) is 0 Å². The van der Waals surface area contributed by atoms with Crippen molar-refractivity contribution in [3.8, 4) is 0 Å². The minimum atomic E-state index is -3.94. The molecule has 0 aliphatic carbocycles. The number of carbonyl (C=O) groups excluding carboxylic acids is 2. The summed E-state index contributed by atoms with van der Waals surface area (Å²) in [5, 5.41) is 0. The van der Waals surface area contributed by atoms with Crippen molar-refractivity contribution in [2.24, 2.45) is 0 Å². The van der Waals surface area contributed by atoms with E-state index in [-0.39, 0.29) is 35.9 Å². The van der Waals surface area contributed by atoms with E-state index in [1.165, 1.54) is 26.2 Å². The van der Waals surface area contributed by atoms with Crippen LogP contribution in [0.5, 0.6) is 0 Å². The number of methoxy groups -OCH3 is 1. The minimum absolute atomic E-state index is 0.00782. The molecule has 0 saturated carbocycles. The van der Waals surface area contributed by atoms with Gasteiger partial charge in [0.2, 0.25) is 10.0 Å². The molecule has 2 rings (SSSR count). The van der Waals surface area contributed by atoms with E-state index < -0.39 is 27.8 Å². The first-order valence-electron chi connectivity index (χ1n) is 9.63. The first kappa shape index (κ1) is 23.8. The Labute approximate surface area is 177 Å². The number of aromatic nitrogens is 1. The molecule has 0 spiro atoms. The van der Waals surface area contributed by atoms with Crippen LogP contribution in [0.1, 0.15) is 46.0 Å². The number of Topliss-reactive ketones (excluding diaryl/α,β-unsaturated/α-hetero) is 1. The summed E-state index contributed by atoms with van der Waals surface area (Å²) in [5.74, 6) is -0.967. The smallest absolute Gasteiger partial charge is 0.355 e. The average molecular weight is 437 g/mol. The Hall–Kier alpha value is -2.49. The van der Waals surface area contributed by atoms with Crippen molar-refractivity contribution in [1.82, 2.24) is 9.29 Å². The van der Waals surface area contributed by atoms with Crippen LogP contribution in [0.3, 0.4) is 0 Å². The monoisotopic (exact) mass is 436 g/mol. The summed E-state index contributed by atoms with van der Waals surface area (Å²) in [6.45, 7) is 6.88. The third-order valence-corrected chi connectivity index (χ3v) is 6.82. The van der Waals surface area contributed by atoms with Crippen molar-refractivity contribution < 1.29 is 27.5 Å². The number of ketones is 1. The van der Waals surface area contributed by atoms with Gasteiger partial charge in [-0.3, -0.25) is 4.79 Å². The number of hydrogen-bond donors (Lipinski definition) is 1. The number of sulfonamides is 1. The molecule has 0 aliphatic heterocycles. The quantitative estimate of drug-likeness (QED) is 0.453. The van der Waals surface area contributed by atoms with Crippen LogP contribution in [0.4, 0.5) is 0 Å². The van der Waals surface area contributed by atoms with Crippen LogP contribution >= 0.6 is 0 Å². The maximum Gasteiger partial charge on any atom is 0.355 e. The van der Waals surface area contributed by atoms with Crippen molar-refractivity contribution in [3.63, 3.8) is 0 Å². The van der Waals surface area contributed by atoms with Crippen molar-refractivity contribution in [1.29, 1.82) is 0 Å². The lowest BCUT2D eigenvalue weighted by molar-refractivity contribution is 0.0519. The Balaban J connectivity index is 2.45. The molecule has 1 N–H and O–H groups in total. The Morgan fingerprint density at radius 3 is 2.37 bits per heavy atom.